The van der Waals surface area contributed by atoms with Gasteiger partial charge >= 0.3 is 0 Å². The lowest BCUT2D eigenvalue weighted by Gasteiger charge is -2.12. The van der Waals surface area contributed by atoms with Gasteiger partial charge in [-0.2, -0.15) is 0 Å². The van der Waals surface area contributed by atoms with Crippen LogP contribution in [0.5, 0.6) is 0 Å². The first-order valence-electron chi connectivity index (χ1n) is 6.72. The molecule has 0 amide bonds. The van der Waals surface area contributed by atoms with E-state index in [4.69, 9.17) is 34.8 Å². The Labute approximate surface area is 145 Å². The van der Waals surface area contributed by atoms with E-state index in [0.29, 0.717) is 10.0 Å². The van der Waals surface area contributed by atoms with Crippen molar-refractivity contribution in [3.8, 4) is 0 Å². The van der Waals surface area contributed by atoms with Crippen molar-refractivity contribution in [2.75, 3.05) is 6.54 Å². The first-order chi connectivity index (χ1) is 10.1. The summed E-state index contributed by atoms with van der Waals surface area (Å²) in [6.45, 7) is 3.91. The normalized spacial score (nSPS) is 10.9. The van der Waals surface area contributed by atoms with Gasteiger partial charge in [0.1, 0.15) is 0 Å². The van der Waals surface area contributed by atoms with E-state index in [1.165, 1.54) is 0 Å². The third-order valence-electron chi connectivity index (χ3n) is 2.88. The molecule has 112 valence electrons. The zero-order valence-electron chi connectivity index (χ0n) is 11.6. The number of hydrogen-bond donors (Lipinski definition) is 1. The molecule has 0 unspecified atom stereocenters. The average Bonchev–Trinajstić information content (AvgIpc) is 2.46. The molecule has 1 N–H and O–H groups in total. The Hall–Kier alpha value is -0.380. The van der Waals surface area contributed by atoms with Gasteiger partial charge < -0.3 is 5.32 Å². The van der Waals surface area contributed by atoms with Gasteiger partial charge in [0.2, 0.25) is 0 Å². The zero-order chi connectivity index (χ0) is 15.2. The fourth-order valence-electron chi connectivity index (χ4n) is 1.86. The number of rotatable bonds is 6. The molecule has 2 rings (SSSR count). The highest BCUT2D eigenvalue weighted by Gasteiger charge is 2.09. The Morgan fingerprint density at radius 1 is 0.952 bits per heavy atom. The van der Waals surface area contributed by atoms with E-state index in [0.717, 1.165) is 39.9 Å². The minimum atomic E-state index is 0.682. The summed E-state index contributed by atoms with van der Waals surface area (Å²) in [6, 6.07) is 11.4. The molecule has 21 heavy (non-hydrogen) atoms. The Morgan fingerprint density at radius 3 is 2.43 bits per heavy atom. The van der Waals surface area contributed by atoms with Gasteiger partial charge in [-0.3, -0.25) is 0 Å². The predicted octanol–water partition coefficient (Wildman–Crippen LogP) is 6.30. The minimum absolute atomic E-state index is 0.682. The molecule has 0 aliphatic carbocycles. The SMILES string of the molecule is CCCNCc1cc(Cl)ccc1Sc1cc(Cl)ccc1Cl. The fraction of sp³-hybridized carbons (Fsp3) is 0.250. The Kier molecular flexibility index (Phi) is 6.72. The van der Waals surface area contributed by atoms with Crippen molar-refractivity contribution in [1.82, 2.24) is 5.32 Å². The third-order valence-corrected chi connectivity index (χ3v) is 4.97. The summed E-state index contributed by atoms with van der Waals surface area (Å²) in [5.41, 5.74) is 1.16. The topological polar surface area (TPSA) is 12.0 Å². The molecule has 5 heteroatoms. The molecule has 0 heterocycles. The lowest BCUT2D eigenvalue weighted by molar-refractivity contribution is 0.669. The maximum Gasteiger partial charge on any atom is 0.0546 e. The molecule has 0 aromatic heterocycles. The van der Waals surface area contributed by atoms with E-state index >= 15 is 0 Å². The van der Waals surface area contributed by atoms with Gasteiger partial charge in [0.15, 0.2) is 0 Å². The van der Waals surface area contributed by atoms with Crippen LogP contribution in [0.3, 0.4) is 0 Å². The molecule has 0 spiro atoms. The first-order valence-corrected chi connectivity index (χ1v) is 8.67. The molecule has 0 aliphatic heterocycles. The lowest BCUT2D eigenvalue weighted by atomic mass is 10.2. The molecule has 0 atom stereocenters. The van der Waals surface area contributed by atoms with Crippen molar-refractivity contribution in [2.45, 2.75) is 29.7 Å². The van der Waals surface area contributed by atoms with Crippen LogP contribution in [0.1, 0.15) is 18.9 Å². The van der Waals surface area contributed by atoms with Crippen molar-refractivity contribution in [1.29, 1.82) is 0 Å². The minimum Gasteiger partial charge on any atom is -0.313 e. The van der Waals surface area contributed by atoms with Crippen LogP contribution in [0.25, 0.3) is 0 Å². The monoisotopic (exact) mass is 359 g/mol. The molecule has 2 aromatic rings. The Bertz CT molecular complexity index is 616. The Morgan fingerprint density at radius 2 is 1.67 bits per heavy atom. The average molecular weight is 361 g/mol. The number of nitrogens with one attached hydrogen (secondary N) is 1. The van der Waals surface area contributed by atoms with Gasteiger partial charge in [0, 0.05) is 26.4 Å². The molecule has 0 aliphatic rings. The number of benzene rings is 2. The van der Waals surface area contributed by atoms with Gasteiger partial charge in [-0.1, -0.05) is 53.5 Å². The molecule has 0 radical (unpaired) electrons. The molecule has 2 aromatic carbocycles. The van der Waals surface area contributed by atoms with Crippen LogP contribution >= 0.6 is 46.6 Å². The third kappa shape index (κ3) is 5.08. The van der Waals surface area contributed by atoms with E-state index in [-0.39, 0.29) is 0 Å². The molecule has 0 fully saturated rings. The molecular weight excluding hydrogens is 345 g/mol. The van der Waals surface area contributed by atoms with Crippen molar-refractivity contribution in [3.63, 3.8) is 0 Å². The molecule has 0 bridgehead atoms. The summed E-state index contributed by atoms with van der Waals surface area (Å²) in [5.74, 6) is 0. The molecular formula is C16H16Cl3NS. The highest BCUT2D eigenvalue weighted by molar-refractivity contribution is 7.99. The maximum absolute atomic E-state index is 6.24. The van der Waals surface area contributed by atoms with Crippen LogP contribution < -0.4 is 5.32 Å². The van der Waals surface area contributed by atoms with Gasteiger partial charge in [-0.15, -0.1) is 0 Å². The zero-order valence-corrected chi connectivity index (χ0v) is 14.7. The van der Waals surface area contributed by atoms with E-state index in [2.05, 4.69) is 12.2 Å². The van der Waals surface area contributed by atoms with Gasteiger partial charge in [-0.05, 0) is 54.9 Å². The lowest BCUT2D eigenvalue weighted by Crippen LogP contribution is -2.14. The van der Waals surface area contributed by atoms with Crippen LogP contribution in [0.2, 0.25) is 15.1 Å². The van der Waals surface area contributed by atoms with E-state index in [1.54, 1.807) is 17.8 Å². The summed E-state index contributed by atoms with van der Waals surface area (Å²) in [7, 11) is 0. The maximum atomic E-state index is 6.24. The summed E-state index contributed by atoms with van der Waals surface area (Å²) >= 11 is 20.0. The largest absolute Gasteiger partial charge is 0.313 e. The van der Waals surface area contributed by atoms with E-state index in [9.17, 15) is 0 Å². The van der Waals surface area contributed by atoms with Crippen molar-refractivity contribution < 1.29 is 0 Å². The van der Waals surface area contributed by atoms with Crippen molar-refractivity contribution >= 4 is 46.6 Å². The van der Waals surface area contributed by atoms with Crippen LogP contribution in [-0.2, 0) is 6.54 Å². The van der Waals surface area contributed by atoms with Crippen molar-refractivity contribution in [3.05, 3.63) is 57.0 Å². The Balaban J connectivity index is 2.24. The van der Waals surface area contributed by atoms with Gasteiger partial charge in [0.05, 0.1) is 5.02 Å². The summed E-state index contributed by atoms with van der Waals surface area (Å²) in [5, 5.41) is 5.52. The summed E-state index contributed by atoms with van der Waals surface area (Å²) in [4.78, 5) is 2.08. The van der Waals surface area contributed by atoms with Crippen LogP contribution in [0.4, 0.5) is 0 Å². The van der Waals surface area contributed by atoms with Crippen LogP contribution in [0.15, 0.2) is 46.2 Å². The number of halogens is 3. The molecule has 1 nitrogen and oxygen atoms in total. The van der Waals surface area contributed by atoms with E-state index < -0.39 is 0 Å². The van der Waals surface area contributed by atoms with Gasteiger partial charge in [-0.25, -0.2) is 0 Å². The fourth-order valence-corrected chi connectivity index (χ4v) is 3.51. The van der Waals surface area contributed by atoms with Crippen LogP contribution in [-0.4, -0.2) is 6.54 Å². The van der Waals surface area contributed by atoms with Crippen LogP contribution in [0, 0.1) is 0 Å². The highest BCUT2D eigenvalue weighted by Crippen LogP contribution is 2.37. The highest BCUT2D eigenvalue weighted by atomic mass is 35.5. The second-order valence-corrected chi connectivity index (χ2v) is 6.97. The standard InChI is InChI=1S/C16H16Cl3NS/c1-2-7-20-10-11-8-12(17)4-6-15(11)21-16-9-13(18)3-5-14(16)19/h3-6,8-9,20H,2,7,10H2,1H3. The predicted molar refractivity (Wildman–Crippen MR) is 94.0 cm³/mol. The summed E-state index contributed by atoms with van der Waals surface area (Å²) < 4.78 is 0. The summed E-state index contributed by atoms with van der Waals surface area (Å²) in [6.07, 6.45) is 1.10. The second kappa shape index (κ2) is 8.30. The van der Waals surface area contributed by atoms with Crippen molar-refractivity contribution in [2.24, 2.45) is 0 Å². The number of hydrogen-bond acceptors (Lipinski definition) is 2. The van der Waals surface area contributed by atoms with E-state index in [1.807, 2.05) is 30.3 Å². The molecule has 0 saturated heterocycles. The smallest absolute Gasteiger partial charge is 0.0546 e. The molecule has 0 saturated carbocycles. The first kappa shape index (κ1) is 17.0. The quantitative estimate of drug-likeness (QED) is 0.607. The second-order valence-electron chi connectivity index (χ2n) is 4.61. The van der Waals surface area contributed by atoms with Gasteiger partial charge in [0.25, 0.3) is 0 Å².